The third kappa shape index (κ3) is 5.67. The minimum absolute atomic E-state index is 0.404. The molecule has 21 heavy (non-hydrogen) atoms. The lowest BCUT2D eigenvalue weighted by Crippen LogP contribution is -2.44. The summed E-state index contributed by atoms with van der Waals surface area (Å²) >= 11 is 1.61. The Hall–Kier alpha value is -1.69. The van der Waals surface area contributed by atoms with Crippen LogP contribution in [0.15, 0.2) is 18.2 Å². The van der Waals surface area contributed by atoms with Crippen LogP contribution in [0.4, 0.5) is 10.5 Å². The van der Waals surface area contributed by atoms with Crippen LogP contribution in [-0.4, -0.2) is 37.2 Å². The summed E-state index contributed by atoms with van der Waals surface area (Å²) in [6.07, 6.45) is 2.48. The number of amides is 2. The highest BCUT2D eigenvalue weighted by atomic mass is 32.2. The topological polar surface area (TPSA) is 67.4 Å². The smallest absolute Gasteiger partial charge is 0.328 e. The van der Waals surface area contributed by atoms with Gasteiger partial charge in [-0.2, -0.15) is 11.8 Å². The molecule has 0 fully saturated rings. The molecule has 1 aromatic rings. The number of methoxy groups -OCH3 is 1. The van der Waals surface area contributed by atoms with Crippen LogP contribution >= 0.6 is 11.8 Å². The molecule has 0 aliphatic heterocycles. The summed E-state index contributed by atoms with van der Waals surface area (Å²) in [5, 5.41) is 5.41. The van der Waals surface area contributed by atoms with Crippen molar-refractivity contribution in [1.29, 1.82) is 0 Å². The molecule has 0 saturated heterocycles. The number of esters is 1. The highest BCUT2D eigenvalue weighted by Crippen LogP contribution is 2.15. The molecule has 116 valence electrons. The van der Waals surface area contributed by atoms with E-state index in [0.717, 1.165) is 22.6 Å². The van der Waals surface area contributed by atoms with Crippen molar-refractivity contribution in [3.63, 3.8) is 0 Å². The fourth-order valence-corrected chi connectivity index (χ4v) is 2.37. The number of hydrogen-bond acceptors (Lipinski definition) is 4. The third-order valence-corrected chi connectivity index (χ3v) is 3.68. The number of carbonyl (C=O) groups excluding carboxylic acids is 2. The second-order valence-corrected chi connectivity index (χ2v) is 5.76. The van der Waals surface area contributed by atoms with Crippen LogP contribution in [0.2, 0.25) is 0 Å². The Bertz CT molecular complexity index is 506. The predicted octanol–water partition coefficient (Wildman–Crippen LogP) is 2.72. The van der Waals surface area contributed by atoms with E-state index in [-0.39, 0.29) is 0 Å². The van der Waals surface area contributed by atoms with Crippen molar-refractivity contribution >= 4 is 29.4 Å². The largest absolute Gasteiger partial charge is 0.467 e. The van der Waals surface area contributed by atoms with Crippen molar-refractivity contribution in [2.24, 2.45) is 0 Å². The number of carbonyl (C=O) groups is 2. The summed E-state index contributed by atoms with van der Waals surface area (Å²) in [7, 11) is 1.32. The molecule has 0 saturated carbocycles. The lowest BCUT2D eigenvalue weighted by atomic mass is 10.1. The number of hydrogen-bond donors (Lipinski definition) is 2. The normalized spacial score (nSPS) is 11.6. The first-order valence-corrected chi connectivity index (χ1v) is 8.09. The standard InChI is InChI=1S/C15H22N2O3S/c1-10-5-6-12(11(2)9-10)16-15(19)17-13(7-8-21-4)14(18)20-3/h5-6,9,13H,7-8H2,1-4H3,(H2,16,17,19)/t13-/m0/s1. The van der Waals surface area contributed by atoms with E-state index in [2.05, 4.69) is 10.6 Å². The molecule has 1 atom stereocenters. The molecule has 0 aliphatic rings. The molecule has 0 unspecified atom stereocenters. The Morgan fingerprint density at radius 1 is 1.33 bits per heavy atom. The SMILES string of the molecule is COC(=O)[C@H](CCSC)NC(=O)Nc1ccc(C)cc1C. The van der Waals surface area contributed by atoms with Gasteiger partial charge in [-0.15, -0.1) is 0 Å². The van der Waals surface area contributed by atoms with Gasteiger partial charge >= 0.3 is 12.0 Å². The molecule has 2 N–H and O–H groups in total. The second-order valence-electron chi connectivity index (χ2n) is 4.77. The van der Waals surface area contributed by atoms with E-state index in [4.69, 9.17) is 4.74 Å². The van der Waals surface area contributed by atoms with Gasteiger partial charge in [-0.05, 0) is 43.9 Å². The van der Waals surface area contributed by atoms with Crippen LogP contribution in [0, 0.1) is 13.8 Å². The number of aryl methyl sites for hydroxylation is 2. The zero-order valence-electron chi connectivity index (χ0n) is 12.9. The Kier molecular flexibility index (Phi) is 7.08. The molecule has 0 aromatic heterocycles. The predicted molar refractivity (Wildman–Crippen MR) is 86.9 cm³/mol. The van der Waals surface area contributed by atoms with Gasteiger partial charge in [-0.1, -0.05) is 17.7 Å². The van der Waals surface area contributed by atoms with Gasteiger partial charge < -0.3 is 15.4 Å². The molecule has 0 aliphatic carbocycles. The average molecular weight is 310 g/mol. The van der Waals surface area contributed by atoms with Crippen molar-refractivity contribution in [3.05, 3.63) is 29.3 Å². The summed E-state index contributed by atoms with van der Waals surface area (Å²) < 4.78 is 4.71. The Labute approximate surface area is 129 Å². The summed E-state index contributed by atoms with van der Waals surface area (Å²) in [5.41, 5.74) is 2.83. The minimum Gasteiger partial charge on any atom is -0.467 e. The fraction of sp³-hybridized carbons (Fsp3) is 0.467. The maximum absolute atomic E-state index is 12.0. The number of urea groups is 1. The van der Waals surface area contributed by atoms with E-state index >= 15 is 0 Å². The summed E-state index contributed by atoms with van der Waals surface area (Å²) in [6.45, 7) is 3.92. The second kappa shape index (κ2) is 8.56. The van der Waals surface area contributed by atoms with E-state index in [1.807, 2.05) is 38.3 Å². The molecule has 1 aromatic carbocycles. The Morgan fingerprint density at radius 3 is 2.62 bits per heavy atom. The van der Waals surface area contributed by atoms with E-state index < -0.39 is 18.0 Å². The first kappa shape index (κ1) is 17.4. The van der Waals surface area contributed by atoms with Gasteiger partial charge in [-0.25, -0.2) is 9.59 Å². The number of thioether (sulfide) groups is 1. The van der Waals surface area contributed by atoms with E-state index in [1.165, 1.54) is 7.11 Å². The van der Waals surface area contributed by atoms with Crippen LogP contribution in [0.1, 0.15) is 17.5 Å². The zero-order chi connectivity index (χ0) is 15.8. The molecule has 6 heteroatoms. The molecule has 0 spiro atoms. The Balaban J connectivity index is 2.66. The van der Waals surface area contributed by atoms with Crippen molar-refractivity contribution < 1.29 is 14.3 Å². The monoisotopic (exact) mass is 310 g/mol. The van der Waals surface area contributed by atoms with Crippen molar-refractivity contribution in [2.45, 2.75) is 26.3 Å². The number of ether oxygens (including phenoxy) is 1. The molecule has 5 nitrogen and oxygen atoms in total. The molecule has 0 radical (unpaired) electrons. The third-order valence-electron chi connectivity index (χ3n) is 3.03. The minimum atomic E-state index is -0.631. The first-order chi connectivity index (χ1) is 9.97. The van der Waals surface area contributed by atoms with Gasteiger partial charge in [0.2, 0.25) is 0 Å². The van der Waals surface area contributed by atoms with Crippen LogP contribution in [-0.2, 0) is 9.53 Å². The van der Waals surface area contributed by atoms with Crippen LogP contribution in [0.3, 0.4) is 0 Å². The quantitative estimate of drug-likeness (QED) is 0.793. The molecular weight excluding hydrogens is 288 g/mol. The lowest BCUT2D eigenvalue weighted by molar-refractivity contribution is -0.142. The molecule has 0 bridgehead atoms. The highest BCUT2D eigenvalue weighted by molar-refractivity contribution is 7.98. The van der Waals surface area contributed by atoms with Gasteiger partial charge in [0.25, 0.3) is 0 Å². The fourth-order valence-electron chi connectivity index (χ4n) is 1.90. The summed E-state index contributed by atoms with van der Waals surface area (Å²) in [4.78, 5) is 23.7. The Morgan fingerprint density at radius 2 is 2.05 bits per heavy atom. The van der Waals surface area contributed by atoms with E-state index in [1.54, 1.807) is 11.8 Å². The van der Waals surface area contributed by atoms with E-state index in [0.29, 0.717) is 6.42 Å². The molecular formula is C15H22N2O3S. The summed E-state index contributed by atoms with van der Waals surface area (Å²) in [5.74, 6) is 0.337. The van der Waals surface area contributed by atoms with E-state index in [9.17, 15) is 9.59 Å². The zero-order valence-corrected chi connectivity index (χ0v) is 13.7. The van der Waals surface area contributed by atoms with Crippen LogP contribution in [0.25, 0.3) is 0 Å². The van der Waals surface area contributed by atoms with Crippen LogP contribution < -0.4 is 10.6 Å². The van der Waals surface area contributed by atoms with Crippen LogP contribution in [0.5, 0.6) is 0 Å². The van der Waals surface area contributed by atoms with Gasteiger partial charge in [0.1, 0.15) is 6.04 Å². The van der Waals surface area contributed by atoms with Crippen molar-refractivity contribution in [1.82, 2.24) is 5.32 Å². The van der Waals surface area contributed by atoms with Gasteiger partial charge in [0.15, 0.2) is 0 Å². The maximum atomic E-state index is 12.0. The average Bonchev–Trinajstić information content (AvgIpc) is 2.45. The van der Waals surface area contributed by atoms with Crippen molar-refractivity contribution in [3.8, 4) is 0 Å². The molecule has 1 rings (SSSR count). The van der Waals surface area contributed by atoms with Gasteiger partial charge in [0, 0.05) is 5.69 Å². The first-order valence-electron chi connectivity index (χ1n) is 6.69. The highest BCUT2D eigenvalue weighted by Gasteiger charge is 2.21. The van der Waals surface area contributed by atoms with Gasteiger partial charge in [0.05, 0.1) is 7.11 Å². The lowest BCUT2D eigenvalue weighted by Gasteiger charge is -2.17. The number of anilines is 1. The molecule has 2 amide bonds. The molecule has 0 heterocycles. The van der Waals surface area contributed by atoms with Gasteiger partial charge in [-0.3, -0.25) is 0 Å². The number of nitrogens with one attached hydrogen (secondary N) is 2. The van der Waals surface area contributed by atoms with Crippen molar-refractivity contribution in [2.75, 3.05) is 24.4 Å². The summed E-state index contributed by atoms with van der Waals surface area (Å²) in [6, 6.07) is 4.72. The number of benzene rings is 1. The number of rotatable bonds is 6. The maximum Gasteiger partial charge on any atom is 0.328 e.